The first-order chi connectivity index (χ1) is 25.8. The van der Waals surface area contributed by atoms with Crippen LogP contribution in [0.3, 0.4) is 0 Å². The van der Waals surface area contributed by atoms with Crippen molar-refractivity contribution < 1.29 is 8.83 Å². The Hall–Kier alpha value is -6.90. The molecular formula is C50H28O2. The van der Waals surface area contributed by atoms with E-state index in [9.17, 15) is 0 Å². The van der Waals surface area contributed by atoms with Crippen LogP contribution in [0.2, 0.25) is 0 Å². The molecule has 52 heavy (non-hydrogen) atoms. The highest BCUT2D eigenvalue weighted by Gasteiger charge is 2.21. The van der Waals surface area contributed by atoms with Gasteiger partial charge >= 0.3 is 0 Å². The van der Waals surface area contributed by atoms with Crippen LogP contribution in [0.25, 0.3) is 120 Å². The van der Waals surface area contributed by atoms with Crippen LogP contribution in [0.15, 0.2) is 179 Å². The zero-order valence-electron chi connectivity index (χ0n) is 28.0. The molecule has 0 N–H and O–H groups in total. The van der Waals surface area contributed by atoms with E-state index in [1.165, 1.54) is 48.8 Å². The summed E-state index contributed by atoms with van der Waals surface area (Å²) in [5.41, 5.74) is 10.4. The number of fused-ring (bicyclic) bond motifs is 7. The van der Waals surface area contributed by atoms with Gasteiger partial charge in [0.1, 0.15) is 22.3 Å². The lowest BCUT2D eigenvalue weighted by Gasteiger charge is -2.15. The average molecular weight is 661 g/mol. The molecular weight excluding hydrogens is 633 g/mol. The van der Waals surface area contributed by atoms with Crippen LogP contribution in [0.1, 0.15) is 0 Å². The highest BCUT2D eigenvalue weighted by Crippen LogP contribution is 2.47. The largest absolute Gasteiger partial charge is 0.456 e. The van der Waals surface area contributed by atoms with Crippen molar-refractivity contribution in [2.24, 2.45) is 0 Å². The minimum atomic E-state index is 0.874. The van der Waals surface area contributed by atoms with Gasteiger partial charge in [0.05, 0.1) is 0 Å². The SMILES string of the molecule is c1cc(-c2ccc3ccc4cccc5ccc2c3c45)cc(-c2ccc(-c3cccc4oc5ccccc5c34)c3oc4cc5ccccc5cc4c23)c1. The first kappa shape index (κ1) is 27.9. The molecule has 0 aliphatic heterocycles. The van der Waals surface area contributed by atoms with Crippen molar-refractivity contribution in [1.29, 1.82) is 0 Å². The molecule has 0 saturated carbocycles. The summed E-state index contributed by atoms with van der Waals surface area (Å²) in [4.78, 5) is 0. The topological polar surface area (TPSA) is 26.3 Å². The fourth-order valence-electron chi connectivity index (χ4n) is 8.86. The van der Waals surface area contributed by atoms with Crippen LogP contribution in [-0.2, 0) is 0 Å². The molecule has 10 aromatic carbocycles. The summed E-state index contributed by atoms with van der Waals surface area (Å²) < 4.78 is 13.3. The van der Waals surface area contributed by atoms with Gasteiger partial charge in [-0.3, -0.25) is 0 Å². The maximum atomic E-state index is 6.95. The van der Waals surface area contributed by atoms with Gasteiger partial charge in [-0.2, -0.15) is 0 Å². The Morgan fingerprint density at radius 2 is 0.904 bits per heavy atom. The third-order valence-electron chi connectivity index (χ3n) is 11.2. The summed E-state index contributed by atoms with van der Waals surface area (Å²) >= 11 is 0. The lowest BCUT2D eigenvalue weighted by Crippen LogP contribution is -1.88. The second-order valence-electron chi connectivity index (χ2n) is 14.0. The molecule has 0 amide bonds. The van der Waals surface area contributed by atoms with Crippen molar-refractivity contribution >= 4 is 87.0 Å². The quantitative estimate of drug-likeness (QED) is 0.176. The molecule has 240 valence electrons. The van der Waals surface area contributed by atoms with Crippen molar-refractivity contribution in [2.75, 3.05) is 0 Å². The average Bonchev–Trinajstić information content (AvgIpc) is 3.77. The Morgan fingerprint density at radius 1 is 0.269 bits per heavy atom. The molecule has 2 aromatic heterocycles. The first-order valence-corrected chi connectivity index (χ1v) is 17.8. The zero-order valence-corrected chi connectivity index (χ0v) is 28.0. The molecule has 12 rings (SSSR count). The van der Waals surface area contributed by atoms with Gasteiger partial charge in [0.2, 0.25) is 0 Å². The Kier molecular flexibility index (Phi) is 5.53. The Labute approximate surface area is 298 Å². The Bertz CT molecular complexity index is 3400. The third-order valence-corrected chi connectivity index (χ3v) is 11.2. The van der Waals surface area contributed by atoms with Crippen molar-refractivity contribution in [3.63, 3.8) is 0 Å². The lowest BCUT2D eigenvalue weighted by atomic mass is 9.88. The van der Waals surface area contributed by atoms with Crippen LogP contribution in [-0.4, -0.2) is 0 Å². The number of benzene rings is 10. The number of rotatable bonds is 3. The van der Waals surface area contributed by atoms with Crippen molar-refractivity contribution in [3.05, 3.63) is 170 Å². The molecule has 2 heterocycles. The van der Waals surface area contributed by atoms with Crippen LogP contribution in [0.5, 0.6) is 0 Å². The van der Waals surface area contributed by atoms with E-state index in [1.807, 2.05) is 12.1 Å². The van der Waals surface area contributed by atoms with E-state index in [4.69, 9.17) is 8.83 Å². The molecule has 2 heteroatoms. The highest BCUT2D eigenvalue weighted by molar-refractivity contribution is 6.26. The molecule has 0 unspecified atom stereocenters. The van der Waals surface area contributed by atoms with E-state index in [2.05, 4.69) is 158 Å². The molecule has 0 saturated heterocycles. The minimum absolute atomic E-state index is 0.874. The first-order valence-electron chi connectivity index (χ1n) is 17.8. The van der Waals surface area contributed by atoms with Gasteiger partial charge in [-0.25, -0.2) is 0 Å². The smallest absolute Gasteiger partial charge is 0.143 e. The van der Waals surface area contributed by atoms with E-state index >= 15 is 0 Å². The molecule has 0 aliphatic carbocycles. The highest BCUT2D eigenvalue weighted by atomic mass is 16.3. The predicted octanol–water partition coefficient (Wildman–Crippen LogP) is 14.5. The number of hydrogen-bond acceptors (Lipinski definition) is 2. The molecule has 0 bridgehead atoms. The van der Waals surface area contributed by atoms with E-state index < -0.39 is 0 Å². The van der Waals surface area contributed by atoms with E-state index in [1.54, 1.807) is 0 Å². The number of hydrogen-bond donors (Lipinski definition) is 0. The fraction of sp³-hybridized carbons (Fsp3) is 0. The van der Waals surface area contributed by atoms with Crippen molar-refractivity contribution in [1.82, 2.24) is 0 Å². The molecule has 0 aliphatic rings. The standard InChI is InChI=1S/C50H28O2/c1-2-9-33-28-45-42(27-32(33)8-1)49-37(24-25-40(50(49)52-45)38-15-7-17-44-48(38)41-14-3-4-16-43(41)51-44)35-13-6-12-34(26-35)36-22-20-31-19-18-29-10-5-11-30-21-23-39(36)47(31)46(29)30/h1-28H. The van der Waals surface area contributed by atoms with Gasteiger partial charge < -0.3 is 8.83 Å². The van der Waals surface area contributed by atoms with Crippen LogP contribution < -0.4 is 0 Å². The van der Waals surface area contributed by atoms with Gasteiger partial charge in [0, 0.05) is 27.1 Å². The fourth-order valence-corrected chi connectivity index (χ4v) is 8.86. The predicted molar refractivity (Wildman–Crippen MR) is 219 cm³/mol. The maximum absolute atomic E-state index is 6.95. The zero-order chi connectivity index (χ0) is 33.9. The molecule has 0 fully saturated rings. The van der Waals surface area contributed by atoms with E-state index in [0.717, 1.165) is 71.5 Å². The van der Waals surface area contributed by atoms with Crippen LogP contribution in [0.4, 0.5) is 0 Å². The maximum Gasteiger partial charge on any atom is 0.143 e. The van der Waals surface area contributed by atoms with Gasteiger partial charge in [0.25, 0.3) is 0 Å². The number of furan rings is 2. The van der Waals surface area contributed by atoms with Crippen LogP contribution in [0, 0.1) is 0 Å². The van der Waals surface area contributed by atoms with E-state index in [0.29, 0.717) is 0 Å². The molecule has 0 radical (unpaired) electrons. The van der Waals surface area contributed by atoms with Gasteiger partial charge in [-0.05, 0) is 107 Å². The summed E-state index contributed by atoms with van der Waals surface area (Å²) in [5, 5.41) is 14.6. The summed E-state index contributed by atoms with van der Waals surface area (Å²) in [6.45, 7) is 0. The van der Waals surface area contributed by atoms with Crippen molar-refractivity contribution in [3.8, 4) is 33.4 Å². The molecule has 2 nitrogen and oxygen atoms in total. The summed E-state index contributed by atoms with van der Waals surface area (Å²) in [6.07, 6.45) is 0. The summed E-state index contributed by atoms with van der Waals surface area (Å²) in [7, 11) is 0. The van der Waals surface area contributed by atoms with Gasteiger partial charge in [-0.1, -0.05) is 133 Å². The Morgan fingerprint density at radius 3 is 1.79 bits per heavy atom. The second-order valence-corrected chi connectivity index (χ2v) is 14.0. The molecule has 12 aromatic rings. The monoisotopic (exact) mass is 660 g/mol. The summed E-state index contributed by atoms with van der Waals surface area (Å²) in [5.74, 6) is 0. The van der Waals surface area contributed by atoms with Crippen LogP contribution >= 0.6 is 0 Å². The summed E-state index contributed by atoms with van der Waals surface area (Å²) in [6, 6.07) is 61.4. The Balaban J connectivity index is 1.13. The molecule has 0 spiro atoms. The minimum Gasteiger partial charge on any atom is -0.456 e. The molecule has 0 atom stereocenters. The van der Waals surface area contributed by atoms with Gasteiger partial charge in [0.15, 0.2) is 0 Å². The second kappa shape index (κ2) is 10.3. The van der Waals surface area contributed by atoms with Crippen molar-refractivity contribution in [2.45, 2.75) is 0 Å². The normalized spacial score (nSPS) is 12.2. The van der Waals surface area contributed by atoms with Gasteiger partial charge in [-0.15, -0.1) is 0 Å². The third kappa shape index (κ3) is 3.84. The lowest BCUT2D eigenvalue weighted by molar-refractivity contribution is 0.669. The number of para-hydroxylation sites is 1. The van der Waals surface area contributed by atoms with E-state index in [-0.39, 0.29) is 0 Å².